The molecule has 12 heavy (non-hydrogen) atoms. The highest BCUT2D eigenvalue weighted by Gasteiger charge is 2.16. The van der Waals surface area contributed by atoms with Gasteiger partial charge in [-0.25, -0.2) is 0 Å². The number of carbonyl (C=O) groups excluding carboxylic acids is 1. The van der Waals surface area contributed by atoms with Crippen molar-refractivity contribution in [3.63, 3.8) is 0 Å². The zero-order chi connectivity index (χ0) is 8.55. The highest BCUT2D eigenvalue weighted by atomic mass is 35.5. The second-order valence-electron chi connectivity index (χ2n) is 3.09. The first-order chi connectivity index (χ1) is 5.77. The third kappa shape index (κ3) is 1.25. The van der Waals surface area contributed by atoms with Crippen molar-refractivity contribution in [2.75, 3.05) is 0 Å². The Morgan fingerprint density at radius 1 is 1.25 bits per heavy atom. The fourth-order valence-corrected chi connectivity index (χ4v) is 1.90. The minimum absolute atomic E-state index is 0.324. The standard InChI is InChI=1S/C10H9ClO/c11-10-3-1-2-7-6-8(12)4-5-9(7)10/h1-3H,4-6H2. The lowest BCUT2D eigenvalue weighted by Crippen LogP contribution is -2.13. The van der Waals surface area contributed by atoms with Crippen LogP contribution in [0.15, 0.2) is 18.2 Å². The van der Waals surface area contributed by atoms with Crippen LogP contribution in [-0.4, -0.2) is 5.78 Å². The van der Waals surface area contributed by atoms with Crippen LogP contribution in [0.25, 0.3) is 0 Å². The first kappa shape index (κ1) is 7.81. The number of hydrogen-bond acceptors (Lipinski definition) is 1. The fourth-order valence-electron chi connectivity index (χ4n) is 1.61. The molecule has 0 fully saturated rings. The lowest BCUT2D eigenvalue weighted by molar-refractivity contribution is -0.118. The predicted octanol–water partition coefficient (Wildman–Crippen LogP) is 2.40. The molecule has 0 amide bonds. The van der Waals surface area contributed by atoms with Crippen LogP contribution in [0.4, 0.5) is 0 Å². The van der Waals surface area contributed by atoms with Crippen molar-refractivity contribution in [2.45, 2.75) is 19.3 Å². The quantitative estimate of drug-likeness (QED) is 0.599. The van der Waals surface area contributed by atoms with Crippen LogP contribution in [0.1, 0.15) is 17.5 Å². The number of benzene rings is 1. The van der Waals surface area contributed by atoms with E-state index in [1.54, 1.807) is 0 Å². The van der Waals surface area contributed by atoms with Crippen molar-refractivity contribution in [1.29, 1.82) is 0 Å². The van der Waals surface area contributed by atoms with E-state index < -0.39 is 0 Å². The van der Waals surface area contributed by atoms with Crippen molar-refractivity contribution in [1.82, 2.24) is 0 Å². The Balaban J connectivity index is 2.48. The molecule has 0 N–H and O–H groups in total. The molecule has 0 saturated heterocycles. The smallest absolute Gasteiger partial charge is 0.137 e. The Morgan fingerprint density at radius 3 is 2.92 bits per heavy atom. The molecule has 62 valence electrons. The third-order valence-electron chi connectivity index (χ3n) is 2.26. The summed E-state index contributed by atoms with van der Waals surface area (Å²) >= 11 is 5.98. The fraction of sp³-hybridized carbons (Fsp3) is 0.300. The van der Waals surface area contributed by atoms with E-state index in [-0.39, 0.29) is 0 Å². The van der Waals surface area contributed by atoms with Gasteiger partial charge in [-0.05, 0) is 23.6 Å². The third-order valence-corrected chi connectivity index (χ3v) is 2.61. The molecular weight excluding hydrogens is 172 g/mol. The zero-order valence-electron chi connectivity index (χ0n) is 6.64. The Morgan fingerprint density at radius 2 is 2.08 bits per heavy atom. The number of fused-ring (bicyclic) bond motifs is 1. The van der Waals surface area contributed by atoms with Gasteiger partial charge in [0, 0.05) is 17.9 Å². The van der Waals surface area contributed by atoms with Crippen molar-refractivity contribution in [3.8, 4) is 0 Å². The van der Waals surface area contributed by atoms with Gasteiger partial charge in [-0.3, -0.25) is 4.79 Å². The van der Waals surface area contributed by atoms with E-state index in [1.165, 1.54) is 5.56 Å². The molecule has 1 aliphatic rings. The summed E-state index contributed by atoms with van der Waals surface area (Å²) in [5.41, 5.74) is 2.28. The predicted molar refractivity (Wildman–Crippen MR) is 48.5 cm³/mol. The van der Waals surface area contributed by atoms with Gasteiger partial charge in [0.05, 0.1) is 0 Å². The topological polar surface area (TPSA) is 17.1 Å². The molecule has 0 radical (unpaired) electrons. The maximum Gasteiger partial charge on any atom is 0.137 e. The van der Waals surface area contributed by atoms with Gasteiger partial charge in [0.15, 0.2) is 0 Å². The van der Waals surface area contributed by atoms with Crippen LogP contribution in [0, 0.1) is 0 Å². The van der Waals surface area contributed by atoms with E-state index in [0.717, 1.165) is 17.0 Å². The van der Waals surface area contributed by atoms with Crippen LogP contribution in [0.3, 0.4) is 0 Å². The van der Waals surface area contributed by atoms with Gasteiger partial charge in [0.2, 0.25) is 0 Å². The van der Waals surface area contributed by atoms with E-state index in [4.69, 9.17) is 11.6 Å². The van der Waals surface area contributed by atoms with Gasteiger partial charge in [-0.2, -0.15) is 0 Å². The number of carbonyl (C=O) groups is 1. The Hall–Kier alpha value is -0.820. The molecule has 2 rings (SSSR count). The van der Waals surface area contributed by atoms with Gasteiger partial charge in [-0.15, -0.1) is 0 Å². The van der Waals surface area contributed by atoms with Crippen molar-refractivity contribution in [3.05, 3.63) is 34.3 Å². The monoisotopic (exact) mass is 180 g/mol. The minimum atomic E-state index is 0.324. The number of ketones is 1. The van der Waals surface area contributed by atoms with Gasteiger partial charge < -0.3 is 0 Å². The molecular formula is C10H9ClO. The van der Waals surface area contributed by atoms with Crippen LogP contribution >= 0.6 is 11.6 Å². The summed E-state index contributed by atoms with van der Waals surface area (Å²) in [6.07, 6.45) is 2.03. The van der Waals surface area contributed by atoms with Gasteiger partial charge in [0.1, 0.15) is 5.78 Å². The maximum atomic E-state index is 11.1. The van der Waals surface area contributed by atoms with E-state index in [2.05, 4.69) is 0 Å². The second-order valence-corrected chi connectivity index (χ2v) is 3.50. The molecule has 0 spiro atoms. The van der Waals surface area contributed by atoms with E-state index in [0.29, 0.717) is 18.6 Å². The molecule has 0 aromatic heterocycles. The average Bonchev–Trinajstić information content (AvgIpc) is 2.04. The van der Waals surface area contributed by atoms with Crippen molar-refractivity contribution >= 4 is 17.4 Å². The first-order valence-electron chi connectivity index (χ1n) is 4.05. The van der Waals surface area contributed by atoms with Crippen molar-refractivity contribution < 1.29 is 4.79 Å². The summed E-state index contributed by atoms with van der Waals surface area (Å²) in [5, 5.41) is 0.806. The highest BCUT2D eigenvalue weighted by Crippen LogP contribution is 2.25. The lowest BCUT2D eigenvalue weighted by atomic mass is 9.91. The lowest BCUT2D eigenvalue weighted by Gasteiger charge is -2.15. The van der Waals surface area contributed by atoms with Crippen LogP contribution in [0.5, 0.6) is 0 Å². The SMILES string of the molecule is O=C1CCc2c(Cl)cccc2C1. The normalized spacial score (nSPS) is 15.9. The number of rotatable bonds is 0. The number of Topliss-reactive ketones (excluding diaryl/α,β-unsaturated/α-hetero) is 1. The number of halogens is 1. The summed E-state index contributed by atoms with van der Waals surface area (Å²) in [4.78, 5) is 11.1. The summed E-state index contributed by atoms with van der Waals surface area (Å²) in [7, 11) is 0. The molecule has 2 heteroatoms. The second kappa shape index (κ2) is 2.91. The molecule has 0 aliphatic heterocycles. The molecule has 1 aliphatic carbocycles. The van der Waals surface area contributed by atoms with Crippen LogP contribution < -0.4 is 0 Å². The molecule has 1 aromatic rings. The van der Waals surface area contributed by atoms with Gasteiger partial charge in [-0.1, -0.05) is 23.7 Å². The van der Waals surface area contributed by atoms with E-state index in [9.17, 15) is 4.79 Å². The Labute approximate surface area is 76.4 Å². The van der Waals surface area contributed by atoms with Gasteiger partial charge in [0.25, 0.3) is 0 Å². The highest BCUT2D eigenvalue weighted by molar-refractivity contribution is 6.31. The summed E-state index contributed by atoms with van der Waals surface area (Å²) < 4.78 is 0. The number of hydrogen-bond donors (Lipinski definition) is 0. The molecule has 0 bridgehead atoms. The Kier molecular flexibility index (Phi) is 1.89. The molecule has 1 nitrogen and oxygen atoms in total. The summed E-state index contributed by atoms with van der Waals surface area (Å²) in [6.45, 7) is 0. The zero-order valence-corrected chi connectivity index (χ0v) is 7.40. The Bertz CT molecular complexity index is 331. The van der Waals surface area contributed by atoms with Crippen LogP contribution in [0.2, 0.25) is 5.02 Å². The maximum absolute atomic E-state index is 11.1. The van der Waals surface area contributed by atoms with Crippen LogP contribution in [-0.2, 0) is 17.6 Å². The molecule has 0 saturated carbocycles. The van der Waals surface area contributed by atoms with Crippen molar-refractivity contribution in [2.24, 2.45) is 0 Å². The van der Waals surface area contributed by atoms with E-state index >= 15 is 0 Å². The molecule has 1 aromatic carbocycles. The van der Waals surface area contributed by atoms with E-state index in [1.807, 2.05) is 18.2 Å². The molecule has 0 atom stereocenters. The molecule has 0 unspecified atom stereocenters. The minimum Gasteiger partial charge on any atom is -0.299 e. The summed E-state index contributed by atoms with van der Waals surface area (Å²) in [5.74, 6) is 0.324. The molecule has 0 heterocycles. The average molecular weight is 181 g/mol. The summed E-state index contributed by atoms with van der Waals surface area (Å²) in [6, 6.07) is 5.77. The largest absolute Gasteiger partial charge is 0.299 e. The first-order valence-corrected chi connectivity index (χ1v) is 4.43. The van der Waals surface area contributed by atoms with Gasteiger partial charge >= 0.3 is 0 Å².